The molecule has 2 aromatic carbocycles. The number of nitro groups is 1. The van der Waals surface area contributed by atoms with E-state index < -0.39 is 4.92 Å². The minimum atomic E-state index is -0.422. The Labute approximate surface area is 101 Å². The van der Waals surface area contributed by atoms with Crippen molar-refractivity contribution < 1.29 is 9.66 Å². The maximum atomic E-state index is 10.7. The molecule has 17 heavy (non-hydrogen) atoms. The van der Waals surface area contributed by atoms with Crippen molar-refractivity contribution in [1.29, 1.82) is 0 Å². The van der Waals surface area contributed by atoms with Gasteiger partial charge in [0.25, 0.3) is 5.69 Å². The highest BCUT2D eigenvalue weighted by Gasteiger charge is 2.19. The highest BCUT2D eigenvalue weighted by molar-refractivity contribution is 7.99. The number of ether oxygens (including phenoxy) is 1. The van der Waals surface area contributed by atoms with Crippen LogP contribution in [0.3, 0.4) is 0 Å². The van der Waals surface area contributed by atoms with Crippen molar-refractivity contribution in [2.75, 3.05) is 0 Å². The van der Waals surface area contributed by atoms with E-state index in [-0.39, 0.29) is 5.69 Å². The molecule has 1 aliphatic heterocycles. The van der Waals surface area contributed by atoms with Crippen molar-refractivity contribution in [3.05, 3.63) is 52.6 Å². The van der Waals surface area contributed by atoms with Gasteiger partial charge in [-0.25, -0.2) is 0 Å². The summed E-state index contributed by atoms with van der Waals surface area (Å²) in [5, 5.41) is 10.7. The molecule has 4 nitrogen and oxygen atoms in total. The van der Waals surface area contributed by atoms with Crippen molar-refractivity contribution in [3.63, 3.8) is 0 Å². The molecule has 84 valence electrons. The monoisotopic (exact) mass is 245 g/mol. The van der Waals surface area contributed by atoms with E-state index in [1.54, 1.807) is 17.8 Å². The van der Waals surface area contributed by atoms with Gasteiger partial charge in [-0.15, -0.1) is 0 Å². The largest absolute Gasteiger partial charge is 0.455 e. The van der Waals surface area contributed by atoms with Crippen LogP contribution in [0.25, 0.3) is 0 Å². The summed E-state index contributed by atoms with van der Waals surface area (Å²) in [4.78, 5) is 12.2. The molecular weight excluding hydrogens is 238 g/mol. The van der Waals surface area contributed by atoms with E-state index in [1.165, 1.54) is 12.1 Å². The fourth-order valence-electron chi connectivity index (χ4n) is 1.63. The van der Waals surface area contributed by atoms with E-state index in [0.717, 1.165) is 15.5 Å². The molecule has 1 heterocycles. The van der Waals surface area contributed by atoms with Gasteiger partial charge >= 0.3 is 0 Å². The first-order valence-electron chi connectivity index (χ1n) is 4.97. The molecule has 0 atom stereocenters. The second kappa shape index (κ2) is 3.78. The fraction of sp³-hybridized carbons (Fsp3) is 0. The molecule has 3 rings (SSSR count). The lowest BCUT2D eigenvalue weighted by Gasteiger charge is -2.18. The quantitative estimate of drug-likeness (QED) is 0.482. The molecule has 0 saturated carbocycles. The Balaban J connectivity index is 2.06. The van der Waals surface area contributed by atoms with Gasteiger partial charge in [-0.3, -0.25) is 10.1 Å². The molecule has 0 radical (unpaired) electrons. The third-order valence-corrected chi connectivity index (χ3v) is 3.54. The van der Waals surface area contributed by atoms with Crippen LogP contribution in [0.2, 0.25) is 0 Å². The molecular formula is C12H7NO3S. The molecule has 0 amide bonds. The Morgan fingerprint density at radius 3 is 2.65 bits per heavy atom. The molecule has 0 aliphatic carbocycles. The summed E-state index contributed by atoms with van der Waals surface area (Å²) in [6.45, 7) is 0. The highest BCUT2D eigenvalue weighted by Crippen LogP contribution is 2.47. The second-order valence-corrected chi connectivity index (χ2v) is 4.62. The zero-order valence-electron chi connectivity index (χ0n) is 8.62. The van der Waals surface area contributed by atoms with Crippen LogP contribution in [-0.2, 0) is 0 Å². The fourth-order valence-corrected chi connectivity index (χ4v) is 2.56. The van der Waals surface area contributed by atoms with Crippen molar-refractivity contribution in [2.24, 2.45) is 0 Å². The third kappa shape index (κ3) is 1.74. The number of benzene rings is 2. The summed E-state index contributed by atoms with van der Waals surface area (Å²) in [7, 11) is 0. The number of nitro benzene ring substituents is 1. The number of non-ortho nitro benzene ring substituents is 1. The minimum absolute atomic E-state index is 0.0451. The minimum Gasteiger partial charge on any atom is -0.455 e. The first kappa shape index (κ1) is 10.2. The number of hydrogen-bond donors (Lipinski definition) is 0. The molecule has 0 N–H and O–H groups in total. The molecule has 0 aromatic heterocycles. The van der Waals surface area contributed by atoms with E-state index in [4.69, 9.17) is 4.74 Å². The SMILES string of the molecule is O=[N+]([O-])c1ccc2c(c1)Oc1ccccc1S2. The van der Waals surface area contributed by atoms with Crippen molar-refractivity contribution in [3.8, 4) is 11.5 Å². The van der Waals surface area contributed by atoms with Gasteiger partial charge in [0.2, 0.25) is 0 Å². The average Bonchev–Trinajstić information content (AvgIpc) is 2.35. The number of para-hydroxylation sites is 1. The first-order valence-corrected chi connectivity index (χ1v) is 5.79. The zero-order valence-corrected chi connectivity index (χ0v) is 9.44. The summed E-state index contributed by atoms with van der Waals surface area (Å²) in [6, 6.07) is 12.3. The predicted molar refractivity (Wildman–Crippen MR) is 63.7 cm³/mol. The molecule has 5 heteroatoms. The lowest BCUT2D eigenvalue weighted by atomic mass is 10.3. The number of rotatable bonds is 1. The van der Waals surface area contributed by atoms with Gasteiger partial charge in [0.1, 0.15) is 11.5 Å². The lowest BCUT2D eigenvalue weighted by molar-refractivity contribution is -0.385. The van der Waals surface area contributed by atoms with Crippen molar-refractivity contribution >= 4 is 17.4 Å². The van der Waals surface area contributed by atoms with E-state index in [2.05, 4.69) is 0 Å². The van der Waals surface area contributed by atoms with Crippen molar-refractivity contribution in [1.82, 2.24) is 0 Å². The van der Waals surface area contributed by atoms with Gasteiger partial charge in [-0.1, -0.05) is 23.9 Å². The first-order chi connectivity index (χ1) is 8.24. The Morgan fingerprint density at radius 1 is 1.06 bits per heavy atom. The average molecular weight is 245 g/mol. The van der Waals surface area contributed by atoms with Crippen LogP contribution in [0.1, 0.15) is 0 Å². The number of nitrogens with zero attached hydrogens (tertiary/aromatic N) is 1. The maximum absolute atomic E-state index is 10.7. The predicted octanol–water partition coefficient (Wildman–Crippen LogP) is 3.85. The molecule has 2 aromatic rings. The van der Waals surface area contributed by atoms with Gasteiger partial charge < -0.3 is 4.74 Å². The lowest BCUT2D eigenvalue weighted by Crippen LogP contribution is -1.96. The molecule has 0 fully saturated rings. The van der Waals surface area contributed by atoms with E-state index in [1.807, 2.05) is 24.3 Å². The Kier molecular flexibility index (Phi) is 2.26. The van der Waals surface area contributed by atoms with Gasteiger partial charge in [-0.05, 0) is 18.2 Å². The normalized spacial score (nSPS) is 12.2. The van der Waals surface area contributed by atoms with E-state index >= 15 is 0 Å². The van der Waals surface area contributed by atoms with Crippen LogP contribution in [-0.4, -0.2) is 4.92 Å². The van der Waals surface area contributed by atoms with Crippen LogP contribution in [0.4, 0.5) is 5.69 Å². The molecule has 0 bridgehead atoms. The van der Waals surface area contributed by atoms with E-state index in [9.17, 15) is 10.1 Å². The standard InChI is InChI=1S/C12H7NO3S/c14-13(15)8-5-6-12-10(7-8)16-9-3-1-2-4-11(9)17-12/h1-7H. The molecule has 0 unspecified atom stereocenters. The van der Waals surface area contributed by atoms with Crippen LogP contribution < -0.4 is 4.74 Å². The summed E-state index contributed by atoms with van der Waals surface area (Å²) in [6.07, 6.45) is 0. The molecule has 0 saturated heterocycles. The summed E-state index contributed by atoms with van der Waals surface area (Å²) in [5.41, 5.74) is 0.0451. The van der Waals surface area contributed by atoms with Crippen molar-refractivity contribution in [2.45, 2.75) is 9.79 Å². The smallest absolute Gasteiger partial charge is 0.273 e. The van der Waals surface area contributed by atoms with E-state index in [0.29, 0.717) is 5.75 Å². The van der Waals surface area contributed by atoms with Gasteiger partial charge in [0.05, 0.1) is 20.8 Å². The molecule has 0 spiro atoms. The molecule has 1 aliphatic rings. The number of fused-ring (bicyclic) bond motifs is 2. The maximum Gasteiger partial charge on any atom is 0.273 e. The van der Waals surface area contributed by atoms with Crippen LogP contribution in [0, 0.1) is 10.1 Å². The Hall–Kier alpha value is -2.01. The van der Waals surface area contributed by atoms with Crippen LogP contribution in [0.15, 0.2) is 52.3 Å². The van der Waals surface area contributed by atoms with Gasteiger partial charge in [0, 0.05) is 6.07 Å². The summed E-state index contributed by atoms with van der Waals surface area (Å²) < 4.78 is 5.64. The third-order valence-electron chi connectivity index (χ3n) is 2.43. The summed E-state index contributed by atoms with van der Waals surface area (Å²) in [5.74, 6) is 1.29. The summed E-state index contributed by atoms with van der Waals surface area (Å²) >= 11 is 1.56. The van der Waals surface area contributed by atoms with Crippen LogP contribution >= 0.6 is 11.8 Å². The Bertz CT molecular complexity index is 612. The highest BCUT2D eigenvalue weighted by atomic mass is 32.2. The second-order valence-electron chi connectivity index (χ2n) is 3.54. The zero-order chi connectivity index (χ0) is 11.8. The topological polar surface area (TPSA) is 52.4 Å². The van der Waals surface area contributed by atoms with Gasteiger partial charge in [-0.2, -0.15) is 0 Å². The van der Waals surface area contributed by atoms with Crippen LogP contribution in [0.5, 0.6) is 11.5 Å². The Morgan fingerprint density at radius 2 is 1.82 bits per heavy atom. The number of hydrogen-bond acceptors (Lipinski definition) is 4. The van der Waals surface area contributed by atoms with Gasteiger partial charge in [0.15, 0.2) is 0 Å².